The Balaban J connectivity index is 1.44. The lowest BCUT2D eigenvalue weighted by molar-refractivity contribution is 0.0478. The lowest BCUT2D eigenvalue weighted by atomic mass is 10.1. The minimum atomic E-state index is -0.534. The molecule has 1 aromatic heterocycles. The Hall–Kier alpha value is -3.09. The quantitative estimate of drug-likeness (QED) is 0.454. The molecule has 7 nitrogen and oxygen atoms in total. The number of carbonyl (C=O) groups excluding carboxylic acids is 3. The van der Waals surface area contributed by atoms with Crippen molar-refractivity contribution in [3.8, 4) is 0 Å². The highest BCUT2D eigenvalue weighted by molar-refractivity contribution is 6.21. The van der Waals surface area contributed by atoms with Gasteiger partial charge in [0.25, 0.3) is 11.8 Å². The third kappa shape index (κ3) is 3.55. The molecule has 0 spiro atoms. The molecule has 0 saturated carbocycles. The standard InChI is InChI=1S/C18H17N3O4/c1-12-10-20-15(11-19-12)18(24)25-9-5-4-8-21-16(22)13-6-2-3-7-14(13)17(21)23/h2-3,6-7,10-11H,4-5,8-9H2,1H3. The van der Waals surface area contributed by atoms with E-state index in [4.69, 9.17) is 4.74 Å². The average Bonchev–Trinajstić information content (AvgIpc) is 2.87. The highest BCUT2D eigenvalue weighted by Gasteiger charge is 2.34. The van der Waals surface area contributed by atoms with Gasteiger partial charge in [-0.15, -0.1) is 0 Å². The fraction of sp³-hybridized carbons (Fsp3) is 0.278. The van der Waals surface area contributed by atoms with Gasteiger partial charge in [0.05, 0.1) is 29.6 Å². The molecule has 0 atom stereocenters. The van der Waals surface area contributed by atoms with Gasteiger partial charge in [-0.2, -0.15) is 0 Å². The number of hydrogen-bond acceptors (Lipinski definition) is 6. The maximum Gasteiger partial charge on any atom is 0.358 e. The summed E-state index contributed by atoms with van der Waals surface area (Å²) in [4.78, 5) is 45.3. The van der Waals surface area contributed by atoms with Gasteiger partial charge in [0.15, 0.2) is 5.69 Å². The summed E-state index contributed by atoms with van der Waals surface area (Å²) in [6.45, 7) is 2.27. The Labute approximate surface area is 144 Å². The molecule has 25 heavy (non-hydrogen) atoms. The van der Waals surface area contributed by atoms with Crippen LogP contribution in [-0.4, -0.2) is 45.8 Å². The molecule has 0 bridgehead atoms. The Morgan fingerprint density at radius 2 is 1.72 bits per heavy atom. The number of carbonyl (C=O) groups is 3. The van der Waals surface area contributed by atoms with Gasteiger partial charge in [0, 0.05) is 12.7 Å². The number of rotatable bonds is 6. The van der Waals surface area contributed by atoms with Crippen molar-refractivity contribution in [1.82, 2.24) is 14.9 Å². The van der Waals surface area contributed by atoms with E-state index in [2.05, 4.69) is 9.97 Å². The van der Waals surface area contributed by atoms with Gasteiger partial charge in [-0.3, -0.25) is 19.5 Å². The second kappa shape index (κ2) is 7.21. The van der Waals surface area contributed by atoms with Crippen molar-refractivity contribution in [3.05, 3.63) is 59.2 Å². The fourth-order valence-corrected chi connectivity index (χ4v) is 2.55. The zero-order chi connectivity index (χ0) is 17.8. The van der Waals surface area contributed by atoms with Gasteiger partial charge in [-0.05, 0) is 31.9 Å². The van der Waals surface area contributed by atoms with E-state index in [1.54, 1.807) is 31.2 Å². The molecule has 2 amide bonds. The topological polar surface area (TPSA) is 89.5 Å². The van der Waals surface area contributed by atoms with Crippen LogP contribution in [0.2, 0.25) is 0 Å². The summed E-state index contributed by atoms with van der Waals surface area (Å²) in [7, 11) is 0. The smallest absolute Gasteiger partial charge is 0.358 e. The minimum Gasteiger partial charge on any atom is -0.461 e. The highest BCUT2D eigenvalue weighted by atomic mass is 16.5. The molecule has 1 aliphatic heterocycles. The monoisotopic (exact) mass is 339 g/mol. The first-order chi connectivity index (χ1) is 12.1. The normalized spacial score (nSPS) is 13.1. The van der Waals surface area contributed by atoms with Crippen LogP contribution in [0.1, 0.15) is 49.7 Å². The number of fused-ring (bicyclic) bond motifs is 1. The highest BCUT2D eigenvalue weighted by Crippen LogP contribution is 2.22. The Bertz CT molecular complexity index is 782. The molecule has 3 rings (SSSR count). The number of benzene rings is 1. The van der Waals surface area contributed by atoms with E-state index < -0.39 is 5.97 Å². The first-order valence-corrected chi connectivity index (χ1v) is 7.99. The van der Waals surface area contributed by atoms with E-state index in [9.17, 15) is 14.4 Å². The van der Waals surface area contributed by atoms with Gasteiger partial charge in [0.2, 0.25) is 0 Å². The van der Waals surface area contributed by atoms with Crippen molar-refractivity contribution >= 4 is 17.8 Å². The summed E-state index contributed by atoms with van der Waals surface area (Å²) >= 11 is 0. The number of aromatic nitrogens is 2. The number of nitrogens with zero attached hydrogens (tertiary/aromatic N) is 3. The molecule has 0 radical (unpaired) electrons. The van der Waals surface area contributed by atoms with Crippen molar-refractivity contribution in [3.63, 3.8) is 0 Å². The van der Waals surface area contributed by atoms with Crippen molar-refractivity contribution < 1.29 is 19.1 Å². The molecule has 1 aromatic carbocycles. The average molecular weight is 339 g/mol. The van der Waals surface area contributed by atoms with Crippen LogP contribution in [-0.2, 0) is 4.74 Å². The van der Waals surface area contributed by atoms with Crippen molar-refractivity contribution in [1.29, 1.82) is 0 Å². The molecule has 128 valence electrons. The van der Waals surface area contributed by atoms with Crippen LogP contribution in [0.4, 0.5) is 0 Å². The maximum atomic E-state index is 12.2. The maximum absolute atomic E-state index is 12.2. The van der Waals surface area contributed by atoms with E-state index in [-0.39, 0.29) is 24.1 Å². The van der Waals surface area contributed by atoms with Crippen LogP contribution in [0, 0.1) is 6.92 Å². The number of hydrogen-bond donors (Lipinski definition) is 0. The van der Waals surface area contributed by atoms with Crippen LogP contribution in [0.15, 0.2) is 36.7 Å². The van der Waals surface area contributed by atoms with E-state index in [0.717, 1.165) is 5.69 Å². The number of ether oxygens (including phenoxy) is 1. The zero-order valence-electron chi connectivity index (χ0n) is 13.8. The summed E-state index contributed by atoms with van der Waals surface area (Å²) in [5.41, 5.74) is 1.76. The predicted octanol–water partition coefficient (Wildman–Crippen LogP) is 2.02. The molecular weight excluding hydrogens is 322 g/mol. The molecule has 2 aromatic rings. The molecule has 0 aliphatic carbocycles. The number of aryl methyl sites for hydroxylation is 1. The van der Waals surface area contributed by atoms with E-state index >= 15 is 0 Å². The summed E-state index contributed by atoms with van der Waals surface area (Å²) in [5.74, 6) is -1.08. The van der Waals surface area contributed by atoms with Crippen molar-refractivity contribution in [2.75, 3.05) is 13.2 Å². The lowest BCUT2D eigenvalue weighted by Crippen LogP contribution is -2.30. The molecular formula is C18H17N3O4. The van der Waals surface area contributed by atoms with Gasteiger partial charge in [0.1, 0.15) is 0 Å². The minimum absolute atomic E-state index is 0.158. The molecule has 0 unspecified atom stereocenters. The molecule has 0 N–H and O–H groups in total. The number of amides is 2. The van der Waals surface area contributed by atoms with Crippen LogP contribution in [0.3, 0.4) is 0 Å². The summed E-state index contributed by atoms with van der Waals surface area (Å²) in [5, 5.41) is 0. The largest absolute Gasteiger partial charge is 0.461 e. The second-order valence-corrected chi connectivity index (χ2v) is 5.69. The fourth-order valence-electron chi connectivity index (χ4n) is 2.55. The van der Waals surface area contributed by atoms with Crippen LogP contribution in [0.5, 0.6) is 0 Å². The Morgan fingerprint density at radius 1 is 1.04 bits per heavy atom. The second-order valence-electron chi connectivity index (χ2n) is 5.69. The third-order valence-electron chi connectivity index (χ3n) is 3.88. The predicted molar refractivity (Wildman–Crippen MR) is 88.1 cm³/mol. The SMILES string of the molecule is Cc1cnc(C(=O)OCCCCN2C(=O)c3ccccc3C2=O)cn1. The van der Waals surface area contributed by atoms with Crippen molar-refractivity contribution in [2.24, 2.45) is 0 Å². The third-order valence-corrected chi connectivity index (χ3v) is 3.88. The van der Waals surface area contributed by atoms with Crippen LogP contribution < -0.4 is 0 Å². The van der Waals surface area contributed by atoms with E-state index in [1.807, 2.05) is 0 Å². The molecule has 2 heterocycles. The van der Waals surface area contributed by atoms with Gasteiger partial charge >= 0.3 is 5.97 Å². The number of unbranched alkanes of at least 4 members (excludes halogenated alkanes) is 1. The Kier molecular flexibility index (Phi) is 4.83. The zero-order valence-corrected chi connectivity index (χ0v) is 13.8. The van der Waals surface area contributed by atoms with Gasteiger partial charge in [-0.25, -0.2) is 9.78 Å². The van der Waals surface area contributed by atoms with E-state index in [1.165, 1.54) is 17.3 Å². The first kappa shape index (κ1) is 16.8. The lowest BCUT2D eigenvalue weighted by Gasteiger charge is -2.13. The molecule has 0 fully saturated rings. The number of esters is 1. The van der Waals surface area contributed by atoms with E-state index in [0.29, 0.717) is 30.5 Å². The first-order valence-electron chi connectivity index (χ1n) is 7.99. The Morgan fingerprint density at radius 3 is 2.32 bits per heavy atom. The van der Waals surface area contributed by atoms with Gasteiger partial charge < -0.3 is 4.74 Å². The van der Waals surface area contributed by atoms with Crippen molar-refractivity contribution in [2.45, 2.75) is 19.8 Å². The van der Waals surface area contributed by atoms with Crippen LogP contribution in [0.25, 0.3) is 0 Å². The summed E-state index contributed by atoms with van der Waals surface area (Å²) < 4.78 is 5.12. The van der Waals surface area contributed by atoms with Gasteiger partial charge in [-0.1, -0.05) is 12.1 Å². The molecule has 0 saturated heterocycles. The molecule has 7 heteroatoms. The number of imide groups is 1. The summed E-state index contributed by atoms with van der Waals surface area (Å²) in [6.07, 6.45) is 3.96. The molecule has 1 aliphatic rings. The van der Waals surface area contributed by atoms with Crippen LogP contribution >= 0.6 is 0 Å². The summed E-state index contributed by atoms with van der Waals surface area (Å²) in [6, 6.07) is 6.78.